The van der Waals surface area contributed by atoms with Gasteiger partial charge in [-0.15, -0.1) is 0 Å². The molecule has 0 aliphatic heterocycles. The molecule has 1 aromatic carbocycles. The van der Waals surface area contributed by atoms with Crippen molar-refractivity contribution in [3.63, 3.8) is 0 Å². The van der Waals surface area contributed by atoms with Gasteiger partial charge in [-0.2, -0.15) is 0 Å². The fourth-order valence-electron chi connectivity index (χ4n) is 2.02. The van der Waals surface area contributed by atoms with Crippen molar-refractivity contribution in [2.45, 2.75) is 34.6 Å². The van der Waals surface area contributed by atoms with Crippen LogP contribution in [-0.2, 0) is 14.3 Å². The Morgan fingerprint density at radius 1 is 1.33 bits per heavy atom. The largest absolute Gasteiger partial charge is 0.465 e. The molecule has 0 spiro atoms. The van der Waals surface area contributed by atoms with Gasteiger partial charge in [-0.3, -0.25) is 9.59 Å². The van der Waals surface area contributed by atoms with E-state index in [1.807, 2.05) is 39.8 Å². The van der Waals surface area contributed by atoms with Crippen molar-refractivity contribution in [3.8, 4) is 0 Å². The van der Waals surface area contributed by atoms with E-state index < -0.39 is 17.3 Å². The maximum Gasteiger partial charge on any atom is 0.319 e. The van der Waals surface area contributed by atoms with Crippen LogP contribution in [0.25, 0.3) is 0 Å². The Morgan fingerprint density at radius 3 is 2.43 bits per heavy atom. The van der Waals surface area contributed by atoms with Crippen molar-refractivity contribution >= 4 is 33.5 Å². The van der Waals surface area contributed by atoms with Crippen LogP contribution in [0.15, 0.2) is 22.7 Å². The van der Waals surface area contributed by atoms with Crippen LogP contribution in [0.3, 0.4) is 0 Å². The van der Waals surface area contributed by atoms with Gasteiger partial charge in [0.1, 0.15) is 5.92 Å². The first kappa shape index (κ1) is 17.7. The number of halogens is 1. The summed E-state index contributed by atoms with van der Waals surface area (Å²) >= 11 is 3.41. The molecule has 0 saturated carbocycles. The number of benzene rings is 1. The molecule has 0 radical (unpaired) electrons. The molecule has 0 heterocycles. The Hall–Kier alpha value is -1.36. The smallest absolute Gasteiger partial charge is 0.319 e. The van der Waals surface area contributed by atoms with Gasteiger partial charge in [-0.1, -0.05) is 36.7 Å². The fourth-order valence-corrected chi connectivity index (χ4v) is 2.26. The van der Waals surface area contributed by atoms with E-state index in [0.29, 0.717) is 5.69 Å². The number of ether oxygens (including phenoxy) is 1. The first-order valence-electron chi connectivity index (χ1n) is 6.90. The number of rotatable bonds is 4. The molecule has 1 atom stereocenters. The minimum atomic E-state index is -0.846. The number of carbonyl (C=O) groups excluding carboxylic acids is 2. The lowest BCUT2D eigenvalue weighted by Gasteiger charge is -2.27. The quantitative estimate of drug-likeness (QED) is 0.657. The molecule has 5 heteroatoms. The highest BCUT2D eigenvalue weighted by Gasteiger charge is 2.38. The first-order chi connectivity index (χ1) is 9.66. The lowest BCUT2D eigenvalue weighted by molar-refractivity contribution is -0.155. The van der Waals surface area contributed by atoms with E-state index in [4.69, 9.17) is 4.74 Å². The standard InChI is InChI=1S/C16H22BrNO3/c1-6-21-15(20)13(16(3,4)5)14(19)18-11-7-8-12(17)10(2)9-11/h7-9,13H,6H2,1-5H3,(H,18,19). The molecule has 1 aromatic rings. The summed E-state index contributed by atoms with van der Waals surface area (Å²) in [5.74, 6) is -1.68. The highest BCUT2D eigenvalue weighted by atomic mass is 79.9. The average molecular weight is 356 g/mol. The second kappa shape index (κ2) is 7.07. The Morgan fingerprint density at radius 2 is 1.95 bits per heavy atom. The zero-order chi connectivity index (χ0) is 16.2. The maximum atomic E-state index is 12.4. The van der Waals surface area contributed by atoms with Crippen LogP contribution in [0.4, 0.5) is 5.69 Å². The van der Waals surface area contributed by atoms with Crippen LogP contribution >= 0.6 is 15.9 Å². The molecular formula is C16H22BrNO3. The van der Waals surface area contributed by atoms with Crippen molar-refractivity contribution in [1.82, 2.24) is 0 Å². The summed E-state index contributed by atoms with van der Waals surface area (Å²) in [5, 5.41) is 2.80. The van der Waals surface area contributed by atoms with Crippen LogP contribution in [0.5, 0.6) is 0 Å². The van der Waals surface area contributed by atoms with Crippen LogP contribution in [-0.4, -0.2) is 18.5 Å². The monoisotopic (exact) mass is 355 g/mol. The van der Waals surface area contributed by atoms with E-state index in [2.05, 4.69) is 21.2 Å². The molecule has 1 unspecified atom stereocenters. The molecule has 0 aliphatic rings. The van der Waals surface area contributed by atoms with Crippen molar-refractivity contribution < 1.29 is 14.3 Å². The second-order valence-electron chi connectivity index (χ2n) is 6.00. The van der Waals surface area contributed by atoms with E-state index >= 15 is 0 Å². The predicted octanol–water partition coefficient (Wildman–Crippen LogP) is 3.92. The van der Waals surface area contributed by atoms with Crippen molar-refractivity contribution in [2.75, 3.05) is 11.9 Å². The number of nitrogens with one attached hydrogen (secondary N) is 1. The second-order valence-corrected chi connectivity index (χ2v) is 6.86. The van der Waals surface area contributed by atoms with Crippen LogP contribution in [0.2, 0.25) is 0 Å². The van der Waals surface area contributed by atoms with Crippen LogP contribution < -0.4 is 5.32 Å². The highest BCUT2D eigenvalue weighted by Crippen LogP contribution is 2.29. The van der Waals surface area contributed by atoms with Gasteiger partial charge in [0.2, 0.25) is 5.91 Å². The molecule has 21 heavy (non-hydrogen) atoms. The van der Waals surface area contributed by atoms with E-state index in [1.165, 1.54) is 0 Å². The third kappa shape index (κ3) is 4.84. The van der Waals surface area contributed by atoms with Gasteiger partial charge in [0.05, 0.1) is 6.61 Å². The van der Waals surface area contributed by atoms with Gasteiger partial charge in [0.15, 0.2) is 0 Å². The van der Waals surface area contributed by atoms with Gasteiger partial charge in [-0.25, -0.2) is 0 Å². The van der Waals surface area contributed by atoms with Gasteiger partial charge in [0, 0.05) is 10.2 Å². The van der Waals surface area contributed by atoms with E-state index in [9.17, 15) is 9.59 Å². The van der Waals surface area contributed by atoms with Gasteiger partial charge < -0.3 is 10.1 Å². The number of amides is 1. The first-order valence-corrected chi connectivity index (χ1v) is 7.69. The zero-order valence-electron chi connectivity index (χ0n) is 13.1. The third-order valence-electron chi connectivity index (χ3n) is 3.08. The molecule has 0 bridgehead atoms. The molecule has 1 rings (SSSR count). The Labute approximate surface area is 134 Å². The van der Waals surface area contributed by atoms with Crippen molar-refractivity contribution in [3.05, 3.63) is 28.2 Å². The minimum absolute atomic E-state index is 0.260. The molecule has 4 nitrogen and oxygen atoms in total. The minimum Gasteiger partial charge on any atom is -0.465 e. The number of carbonyl (C=O) groups is 2. The van der Waals surface area contributed by atoms with E-state index in [0.717, 1.165) is 10.0 Å². The third-order valence-corrected chi connectivity index (χ3v) is 3.97. The molecule has 1 N–H and O–H groups in total. The van der Waals surface area contributed by atoms with E-state index in [-0.39, 0.29) is 12.5 Å². The lowest BCUT2D eigenvalue weighted by Crippen LogP contribution is -2.40. The number of hydrogen-bond donors (Lipinski definition) is 1. The van der Waals surface area contributed by atoms with Crippen LogP contribution in [0, 0.1) is 18.3 Å². The van der Waals surface area contributed by atoms with Gasteiger partial charge >= 0.3 is 5.97 Å². The number of aryl methyl sites for hydroxylation is 1. The fraction of sp³-hybridized carbons (Fsp3) is 0.500. The summed E-state index contributed by atoms with van der Waals surface area (Å²) < 4.78 is 6.00. The molecule has 116 valence electrons. The Kier molecular flexibility index (Phi) is 5.96. The summed E-state index contributed by atoms with van der Waals surface area (Å²) in [4.78, 5) is 24.5. The summed E-state index contributed by atoms with van der Waals surface area (Å²) in [6, 6.07) is 5.51. The molecule has 1 amide bonds. The summed E-state index contributed by atoms with van der Waals surface area (Å²) in [6.07, 6.45) is 0. The summed E-state index contributed by atoms with van der Waals surface area (Å²) in [6.45, 7) is 9.47. The number of hydrogen-bond acceptors (Lipinski definition) is 3. The van der Waals surface area contributed by atoms with Crippen molar-refractivity contribution in [1.29, 1.82) is 0 Å². The Balaban J connectivity index is 2.96. The maximum absolute atomic E-state index is 12.4. The number of anilines is 1. The summed E-state index contributed by atoms with van der Waals surface area (Å²) in [5.41, 5.74) is 1.16. The molecule has 0 saturated heterocycles. The summed E-state index contributed by atoms with van der Waals surface area (Å²) in [7, 11) is 0. The normalized spacial score (nSPS) is 12.7. The van der Waals surface area contributed by atoms with Gasteiger partial charge in [0.25, 0.3) is 0 Å². The van der Waals surface area contributed by atoms with Crippen LogP contribution in [0.1, 0.15) is 33.3 Å². The van der Waals surface area contributed by atoms with Crippen molar-refractivity contribution in [2.24, 2.45) is 11.3 Å². The average Bonchev–Trinajstić information content (AvgIpc) is 2.32. The van der Waals surface area contributed by atoms with Gasteiger partial charge in [-0.05, 0) is 43.0 Å². The molecular weight excluding hydrogens is 334 g/mol. The molecule has 0 aromatic heterocycles. The zero-order valence-corrected chi connectivity index (χ0v) is 14.7. The highest BCUT2D eigenvalue weighted by molar-refractivity contribution is 9.10. The topological polar surface area (TPSA) is 55.4 Å². The SMILES string of the molecule is CCOC(=O)C(C(=O)Nc1ccc(Br)c(C)c1)C(C)(C)C. The van der Waals surface area contributed by atoms with E-state index in [1.54, 1.807) is 13.0 Å². The molecule has 0 aliphatic carbocycles. The number of esters is 1. The molecule has 0 fully saturated rings. The predicted molar refractivity (Wildman–Crippen MR) is 87.1 cm³/mol. The Bertz CT molecular complexity index is 535. The lowest BCUT2D eigenvalue weighted by atomic mass is 9.80.